The van der Waals surface area contributed by atoms with E-state index in [1.54, 1.807) is 14.2 Å². The molecule has 0 amide bonds. The maximum atomic E-state index is 5.05. The van der Waals surface area contributed by atoms with Crippen LogP contribution in [0.4, 0.5) is 0 Å². The second-order valence-electron chi connectivity index (χ2n) is 3.28. The second-order valence-corrected chi connectivity index (χ2v) is 3.28. The maximum absolute atomic E-state index is 5.05. The molecule has 0 spiro atoms. The fourth-order valence-corrected chi connectivity index (χ4v) is 1.37. The molecule has 0 aliphatic heterocycles. The van der Waals surface area contributed by atoms with Gasteiger partial charge in [0.1, 0.15) is 12.8 Å². The third-order valence-corrected chi connectivity index (χ3v) is 2.08. The van der Waals surface area contributed by atoms with Crippen molar-refractivity contribution in [3.63, 3.8) is 0 Å². The summed E-state index contributed by atoms with van der Waals surface area (Å²) in [4.78, 5) is 4.77. The summed E-state index contributed by atoms with van der Waals surface area (Å²) in [5.74, 6) is 0. The number of benzene rings is 1. The molecule has 0 saturated heterocycles. The minimum absolute atomic E-state index is 0.428. The smallest absolute Gasteiger partial charge is 0.113 e. The van der Waals surface area contributed by atoms with E-state index in [-0.39, 0.29) is 0 Å². The van der Waals surface area contributed by atoms with Crippen LogP contribution in [0.5, 0.6) is 0 Å². The van der Waals surface area contributed by atoms with Crippen LogP contribution in [-0.2, 0) is 20.9 Å². The number of hydrogen-bond donors (Lipinski definition) is 0. The van der Waals surface area contributed by atoms with Crippen LogP contribution < -0.4 is 0 Å². The SMILES string of the molecule is COC/C(=N\OC)c1ccc(COC)cc1. The Hall–Kier alpha value is -1.39. The molecule has 1 aromatic rings. The molecule has 0 atom stereocenters. The molecule has 88 valence electrons. The second kappa shape index (κ2) is 6.98. The van der Waals surface area contributed by atoms with Gasteiger partial charge in [-0.05, 0) is 5.56 Å². The lowest BCUT2D eigenvalue weighted by Crippen LogP contribution is -2.09. The lowest BCUT2D eigenvalue weighted by atomic mass is 10.1. The average Bonchev–Trinajstić information content (AvgIpc) is 2.30. The van der Waals surface area contributed by atoms with Gasteiger partial charge >= 0.3 is 0 Å². The van der Waals surface area contributed by atoms with Gasteiger partial charge in [0, 0.05) is 19.8 Å². The Kier molecular flexibility index (Phi) is 5.53. The Bertz CT molecular complexity index is 333. The molecule has 0 aliphatic carbocycles. The average molecular weight is 223 g/mol. The van der Waals surface area contributed by atoms with E-state index in [9.17, 15) is 0 Å². The van der Waals surface area contributed by atoms with Crippen molar-refractivity contribution in [1.29, 1.82) is 0 Å². The van der Waals surface area contributed by atoms with Crippen molar-refractivity contribution in [2.75, 3.05) is 27.9 Å². The van der Waals surface area contributed by atoms with E-state index in [2.05, 4.69) is 5.16 Å². The van der Waals surface area contributed by atoms with E-state index >= 15 is 0 Å². The third kappa shape index (κ3) is 3.64. The van der Waals surface area contributed by atoms with Gasteiger partial charge in [-0.2, -0.15) is 0 Å². The number of ether oxygens (including phenoxy) is 2. The van der Waals surface area contributed by atoms with Crippen molar-refractivity contribution < 1.29 is 14.3 Å². The van der Waals surface area contributed by atoms with Crippen LogP contribution in [-0.4, -0.2) is 33.6 Å². The van der Waals surface area contributed by atoms with Crippen LogP contribution in [0.3, 0.4) is 0 Å². The molecule has 1 rings (SSSR count). The van der Waals surface area contributed by atoms with Crippen LogP contribution in [0.1, 0.15) is 11.1 Å². The van der Waals surface area contributed by atoms with Gasteiger partial charge in [0.25, 0.3) is 0 Å². The van der Waals surface area contributed by atoms with Crippen LogP contribution in [0, 0.1) is 0 Å². The lowest BCUT2D eigenvalue weighted by molar-refractivity contribution is 0.185. The molecular weight excluding hydrogens is 206 g/mol. The molecule has 0 radical (unpaired) electrons. The molecule has 0 fully saturated rings. The monoisotopic (exact) mass is 223 g/mol. The van der Waals surface area contributed by atoms with Gasteiger partial charge < -0.3 is 14.3 Å². The van der Waals surface area contributed by atoms with Crippen molar-refractivity contribution in [3.05, 3.63) is 35.4 Å². The van der Waals surface area contributed by atoms with Gasteiger partial charge in [-0.1, -0.05) is 29.4 Å². The van der Waals surface area contributed by atoms with E-state index in [1.807, 2.05) is 24.3 Å². The van der Waals surface area contributed by atoms with Crippen molar-refractivity contribution in [2.45, 2.75) is 6.61 Å². The number of rotatable bonds is 6. The Labute approximate surface area is 95.8 Å². The zero-order valence-electron chi connectivity index (χ0n) is 9.90. The Morgan fingerprint density at radius 3 is 2.25 bits per heavy atom. The van der Waals surface area contributed by atoms with E-state index in [0.29, 0.717) is 13.2 Å². The van der Waals surface area contributed by atoms with E-state index in [0.717, 1.165) is 16.8 Å². The number of nitrogens with zero attached hydrogens (tertiary/aromatic N) is 1. The van der Waals surface area contributed by atoms with E-state index in [1.165, 1.54) is 7.11 Å². The van der Waals surface area contributed by atoms with Gasteiger partial charge in [-0.15, -0.1) is 0 Å². The molecule has 0 unspecified atom stereocenters. The fourth-order valence-electron chi connectivity index (χ4n) is 1.37. The Morgan fingerprint density at radius 2 is 1.75 bits per heavy atom. The highest BCUT2D eigenvalue weighted by Crippen LogP contribution is 2.07. The highest BCUT2D eigenvalue weighted by atomic mass is 16.6. The van der Waals surface area contributed by atoms with E-state index < -0.39 is 0 Å². The van der Waals surface area contributed by atoms with Crippen LogP contribution in [0.15, 0.2) is 29.4 Å². The summed E-state index contributed by atoms with van der Waals surface area (Å²) in [7, 11) is 4.83. The first kappa shape index (κ1) is 12.7. The molecular formula is C12H17NO3. The minimum atomic E-state index is 0.428. The molecule has 4 nitrogen and oxygen atoms in total. The summed E-state index contributed by atoms with van der Waals surface area (Å²) in [5, 5.41) is 3.92. The Balaban J connectivity index is 2.81. The maximum Gasteiger partial charge on any atom is 0.113 e. The molecule has 0 N–H and O–H groups in total. The number of methoxy groups -OCH3 is 2. The summed E-state index contributed by atoms with van der Waals surface area (Å²) in [5.41, 5.74) is 2.89. The van der Waals surface area contributed by atoms with Crippen molar-refractivity contribution in [3.8, 4) is 0 Å². The summed E-state index contributed by atoms with van der Waals surface area (Å²) in [6.45, 7) is 1.04. The normalized spacial score (nSPS) is 11.6. The van der Waals surface area contributed by atoms with Gasteiger partial charge in [0.2, 0.25) is 0 Å². The van der Waals surface area contributed by atoms with Gasteiger partial charge in [0.05, 0.1) is 13.2 Å². The summed E-state index contributed by atoms with van der Waals surface area (Å²) in [6.07, 6.45) is 0. The molecule has 0 aromatic heterocycles. The minimum Gasteiger partial charge on any atom is -0.399 e. The van der Waals surface area contributed by atoms with Gasteiger partial charge in [-0.25, -0.2) is 0 Å². The third-order valence-electron chi connectivity index (χ3n) is 2.08. The highest BCUT2D eigenvalue weighted by molar-refractivity contribution is 6.01. The zero-order chi connectivity index (χ0) is 11.8. The van der Waals surface area contributed by atoms with Gasteiger partial charge in [-0.3, -0.25) is 0 Å². The van der Waals surface area contributed by atoms with Crippen LogP contribution in [0.2, 0.25) is 0 Å². The predicted octanol–water partition coefficient (Wildman–Crippen LogP) is 1.83. The molecule has 0 aliphatic rings. The standard InChI is InChI=1S/C12H17NO3/c1-14-8-10-4-6-11(7-5-10)12(9-15-2)13-16-3/h4-7H,8-9H2,1-3H3/b13-12+. The molecule has 1 aromatic carbocycles. The fraction of sp³-hybridized carbons (Fsp3) is 0.417. The molecule has 4 heteroatoms. The number of hydrogen-bond acceptors (Lipinski definition) is 4. The molecule has 0 heterocycles. The van der Waals surface area contributed by atoms with Crippen molar-refractivity contribution in [1.82, 2.24) is 0 Å². The van der Waals surface area contributed by atoms with Crippen LogP contribution in [0.25, 0.3) is 0 Å². The van der Waals surface area contributed by atoms with Crippen molar-refractivity contribution >= 4 is 5.71 Å². The quantitative estimate of drug-likeness (QED) is 0.545. The largest absolute Gasteiger partial charge is 0.399 e. The zero-order valence-corrected chi connectivity index (χ0v) is 9.90. The molecule has 0 bridgehead atoms. The summed E-state index contributed by atoms with van der Waals surface area (Å²) in [6, 6.07) is 7.95. The molecule has 0 saturated carbocycles. The van der Waals surface area contributed by atoms with E-state index in [4.69, 9.17) is 14.3 Å². The van der Waals surface area contributed by atoms with Gasteiger partial charge in [0.15, 0.2) is 0 Å². The molecule has 16 heavy (non-hydrogen) atoms. The first-order valence-electron chi connectivity index (χ1n) is 4.99. The van der Waals surface area contributed by atoms with Crippen LogP contribution >= 0.6 is 0 Å². The topological polar surface area (TPSA) is 40.0 Å². The van der Waals surface area contributed by atoms with Crippen molar-refractivity contribution in [2.24, 2.45) is 5.16 Å². The first-order valence-corrected chi connectivity index (χ1v) is 4.99. The number of oxime groups is 1. The summed E-state index contributed by atoms with van der Waals surface area (Å²) >= 11 is 0. The lowest BCUT2D eigenvalue weighted by Gasteiger charge is -2.06. The Morgan fingerprint density at radius 1 is 1.06 bits per heavy atom. The highest BCUT2D eigenvalue weighted by Gasteiger charge is 2.04. The summed E-state index contributed by atoms with van der Waals surface area (Å²) < 4.78 is 10.1. The first-order chi connectivity index (χ1) is 7.81. The predicted molar refractivity (Wildman–Crippen MR) is 62.6 cm³/mol.